The number of aromatic nitrogens is 6. The molecule has 8 heterocycles. The van der Waals surface area contributed by atoms with Crippen LogP contribution in [-0.2, 0) is 14.3 Å². The zero-order chi connectivity index (χ0) is 38.1. The van der Waals surface area contributed by atoms with E-state index in [1.54, 1.807) is 17.0 Å². The molecule has 4 aromatic heterocycles. The number of nitrogens with zero attached hydrogens (tertiary/aromatic N) is 6. The van der Waals surface area contributed by atoms with Crippen molar-refractivity contribution in [2.45, 2.75) is 67.1 Å². The van der Waals surface area contributed by atoms with Crippen molar-refractivity contribution in [3.05, 3.63) is 33.1 Å². The Morgan fingerprint density at radius 1 is 0.868 bits per heavy atom. The van der Waals surface area contributed by atoms with Crippen LogP contribution in [0.5, 0.6) is 0 Å². The van der Waals surface area contributed by atoms with Crippen molar-refractivity contribution in [3.8, 4) is 0 Å². The van der Waals surface area contributed by atoms with E-state index in [2.05, 4.69) is 40.9 Å². The Kier molecular flexibility index (Phi) is 9.53. The number of aromatic amines is 1. The van der Waals surface area contributed by atoms with E-state index in [9.17, 15) is 45.0 Å². The molecule has 4 aliphatic heterocycles. The molecule has 4 aliphatic rings. The van der Waals surface area contributed by atoms with Crippen LogP contribution in [0.3, 0.4) is 0 Å². The second kappa shape index (κ2) is 13.6. The fourth-order valence-corrected chi connectivity index (χ4v) is 7.42. The maximum absolute atomic E-state index is 11.9. The maximum Gasteiger partial charge on any atom is 0.337 e. The molecule has 10 N–H and O–H groups in total. The third-order valence-corrected chi connectivity index (χ3v) is 10.6. The van der Waals surface area contributed by atoms with Gasteiger partial charge in [-0.05, 0) is 26.4 Å². The van der Waals surface area contributed by atoms with Crippen molar-refractivity contribution < 1.29 is 44.9 Å². The Bertz CT molecular complexity index is 2280. The Labute approximate surface area is 306 Å². The monoisotopic (exact) mass is 776 g/mol. The molecule has 0 spiro atoms. The number of aliphatic hydroxyl groups excluding tert-OH is 4. The minimum atomic E-state index is -1.74. The zero-order valence-corrected chi connectivity index (χ0v) is 30.1. The number of ether oxygens (including phenoxy) is 2. The number of aliphatic hydroxyl groups is 6. The lowest BCUT2D eigenvalue weighted by molar-refractivity contribution is -0.114. The summed E-state index contributed by atoms with van der Waals surface area (Å²) in [6.07, 6.45) is 0.124. The summed E-state index contributed by atoms with van der Waals surface area (Å²) in [7, 11) is 0. The summed E-state index contributed by atoms with van der Waals surface area (Å²) in [6.45, 7) is 1.98. The normalized spacial score (nSPS) is 30.3. The van der Waals surface area contributed by atoms with Gasteiger partial charge in [0.25, 0.3) is 0 Å². The molecule has 2 fully saturated rings. The molecule has 23 heteroatoms. The van der Waals surface area contributed by atoms with E-state index in [0.717, 1.165) is 0 Å². The maximum atomic E-state index is 11.9. The van der Waals surface area contributed by atoms with Crippen molar-refractivity contribution in [1.82, 2.24) is 29.1 Å². The number of carbonyl (C=O) groups is 1. The minimum absolute atomic E-state index is 0.0634. The van der Waals surface area contributed by atoms with Crippen LogP contribution < -0.4 is 27.1 Å². The van der Waals surface area contributed by atoms with Crippen molar-refractivity contribution in [3.63, 3.8) is 0 Å². The van der Waals surface area contributed by atoms with Gasteiger partial charge in [0.05, 0.1) is 41.7 Å². The van der Waals surface area contributed by atoms with Crippen LogP contribution in [-0.4, -0.2) is 139 Å². The summed E-state index contributed by atoms with van der Waals surface area (Å²) < 4.78 is 14.4. The van der Waals surface area contributed by atoms with Crippen LogP contribution in [0.2, 0.25) is 0 Å². The standard InChI is InChI=1S/C15H17N5O6S.C15H19N5O5S/c1-15(25)8(22)6(4-21)26-13(15)20-3-5-7-9(17-12(24)11(23)16-5)18-14(27-2)19-10(7)20;1-15(24)10(23)7(5-21)25-13(15)20-4-6-9-11(17-8(22)3-16-6)18-14(26-2)19-12(9)20/h3,6,8,13,21-22,25H,4H2,1-2H3,(H,16,23)(H,17,18,19,24);4,7,10,13,16,21,23-24H,3,5H2,1-2H3,(H,17,18,19,22)/t6-,8-,13?,15-;7-,10-,13?,15-/m11/s1. The Hall–Kier alpha value is -4.17. The van der Waals surface area contributed by atoms with Gasteiger partial charge >= 0.3 is 11.1 Å². The smallest absolute Gasteiger partial charge is 0.337 e. The molecule has 0 bridgehead atoms. The van der Waals surface area contributed by atoms with Gasteiger partial charge in [0.2, 0.25) is 5.91 Å². The third kappa shape index (κ3) is 6.05. The fraction of sp³-hybridized carbons (Fsp3) is 0.500. The second-order valence-corrected chi connectivity index (χ2v) is 14.6. The number of H-pyrrole nitrogens is 1. The lowest BCUT2D eigenvalue weighted by atomic mass is 9.96. The molecule has 4 aromatic rings. The molecular weight excluding hydrogens is 741 g/mol. The molecule has 8 rings (SSSR count). The van der Waals surface area contributed by atoms with E-state index in [-0.39, 0.29) is 29.6 Å². The summed E-state index contributed by atoms with van der Waals surface area (Å²) in [5, 5.41) is 71.4. The lowest BCUT2D eigenvalue weighted by Gasteiger charge is -2.28. The van der Waals surface area contributed by atoms with Gasteiger partial charge in [-0.3, -0.25) is 14.4 Å². The fourth-order valence-electron chi connectivity index (χ4n) is 6.69. The molecule has 53 heavy (non-hydrogen) atoms. The molecule has 0 saturated carbocycles. The highest BCUT2D eigenvalue weighted by molar-refractivity contribution is 8.13. The van der Waals surface area contributed by atoms with E-state index in [4.69, 9.17) is 9.47 Å². The topological polar surface area (TPSA) is 304 Å². The number of aliphatic imine (C=N–C) groups is 1. The van der Waals surface area contributed by atoms with Crippen LogP contribution in [0.15, 0.2) is 32.1 Å². The zero-order valence-electron chi connectivity index (χ0n) is 28.5. The number of hydrogen-bond acceptors (Lipinski definition) is 19. The van der Waals surface area contributed by atoms with E-state index in [0.29, 0.717) is 38.2 Å². The highest BCUT2D eigenvalue weighted by Crippen LogP contribution is 2.45. The van der Waals surface area contributed by atoms with Crippen LogP contribution in [0.1, 0.15) is 26.3 Å². The van der Waals surface area contributed by atoms with Gasteiger partial charge in [-0.1, -0.05) is 23.5 Å². The second-order valence-electron chi connectivity index (χ2n) is 13.0. The van der Waals surface area contributed by atoms with Crippen molar-refractivity contribution in [1.29, 1.82) is 0 Å². The van der Waals surface area contributed by atoms with E-state index in [1.165, 1.54) is 48.1 Å². The Morgan fingerprint density at radius 3 is 2.08 bits per heavy atom. The highest BCUT2D eigenvalue weighted by Gasteiger charge is 2.54. The highest BCUT2D eigenvalue weighted by atomic mass is 32.2. The van der Waals surface area contributed by atoms with Crippen molar-refractivity contribution in [2.75, 3.05) is 48.2 Å². The average molecular weight is 777 g/mol. The van der Waals surface area contributed by atoms with E-state index < -0.39 is 72.4 Å². The predicted octanol–water partition coefficient (Wildman–Crippen LogP) is -1.62. The molecule has 0 aromatic carbocycles. The summed E-state index contributed by atoms with van der Waals surface area (Å²) in [5.41, 5.74) is -3.92. The number of rotatable bonds is 5. The number of amides is 1. The first-order valence-electron chi connectivity index (χ1n) is 16.1. The van der Waals surface area contributed by atoms with E-state index in [1.807, 2.05) is 6.26 Å². The van der Waals surface area contributed by atoms with Gasteiger partial charge in [-0.2, -0.15) is 4.98 Å². The van der Waals surface area contributed by atoms with Crippen LogP contribution in [0.4, 0.5) is 23.1 Å². The molecule has 8 atom stereocenters. The number of carbonyl (C=O) groups excluding carboxylic acids is 1. The molecule has 284 valence electrons. The summed E-state index contributed by atoms with van der Waals surface area (Å²) in [5.74, 6) is 0.593. The molecule has 21 nitrogen and oxygen atoms in total. The molecule has 1 amide bonds. The molecule has 0 aliphatic carbocycles. The third-order valence-electron chi connectivity index (χ3n) is 9.43. The quantitative estimate of drug-likeness (QED) is 0.0619. The van der Waals surface area contributed by atoms with Gasteiger partial charge in [0.1, 0.15) is 47.3 Å². The SMILES string of the molecule is CSC1=Nc2c3c(nc(=O)c(=O)[nH]c3cn2C2O[C@H](CO)[C@@H](O)[C@@]2(C)O)N1.CSc1nc2c3c(cn(C4O[C@H](CO)[C@@H](O)[C@@]4(C)O)c3n1)NCC(=O)N2. The first-order chi connectivity index (χ1) is 25.1. The number of amidine groups is 1. The lowest BCUT2D eigenvalue weighted by Crippen LogP contribution is -2.44. The molecule has 2 unspecified atom stereocenters. The van der Waals surface area contributed by atoms with Crippen LogP contribution >= 0.6 is 23.5 Å². The summed E-state index contributed by atoms with van der Waals surface area (Å²) in [4.78, 5) is 55.2. The first kappa shape index (κ1) is 37.2. The van der Waals surface area contributed by atoms with Gasteiger partial charge in [-0.25, -0.2) is 15.0 Å². The predicted molar refractivity (Wildman–Crippen MR) is 193 cm³/mol. The largest absolute Gasteiger partial charge is 0.394 e. The summed E-state index contributed by atoms with van der Waals surface area (Å²) >= 11 is 2.57. The average Bonchev–Trinajstić information content (AvgIpc) is 3.74. The number of hydrogen-bond donors (Lipinski definition) is 10. The molecule has 0 radical (unpaired) electrons. The summed E-state index contributed by atoms with van der Waals surface area (Å²) in [6, 6.07) is 0. The van der Waals surface area contributed by atoms with Crippen molar-refractivity contribution in [2.24, 2.45) is 4.99 Å². The van der Waals surface area contributed by atoms with Crippen LogP contribution in [0, 0.1) is 0 Å². The van der Waals surface area contributed by atoms with Crippen molar-refractivity contribution >= 4 is 79.7 Å². The van der Waals surface area contributed by atoms with Gasteiger partial charge in [0, 0.05) is 12.4 Å². The Morgan fingerprint density at radius 2 is 1.49 bits per heavy atom. The minimum Gasteiger partial charge on any atom is -0.394 e. The number of nitrogens with one attached hydrogen (secondary N) is 4. The van der Waals surface area contributed by atoms with Gasteiger partial charge in [0.15, 0.2) is 34.2 Å². The van der Waals surface area contributed by atoms with E-state index >= 15 is 0 Å². The van der Waals surface area contributed by atoms with Crippen LogP contribution in [0.25, 0.3) is 21.9 Å². The first-order valence-corrected chi connectivity index (χ1v) is 18.5. The molecule has 2 saturated heterocycles. The molecular formula is C30H36N10O11S2. The van der Waals surface area contributed by atoms with Gasteiger partial charge in [-0.15, -0.1) is 0 Å². The Balaban J connectivity index is 0.000000164. The number of anilines is 3. The van der Waals surface area contributed by atoms with Gasteiger partial charge < -0.3 is 70.2 Å². The number of thioether (sulfide) groups is 2.